The van der Waals surface area contributed by atoms with Crippen molar-refractivity contribution in [1.82, 2.24) is 19.3 Å². The fraction of sp³-hybridized carbons (Fsp3) is 0.143. The van der Waals surface area contributed by atoms with E-state index < -0.39 is 6.36 Å². The van der Waals surface area contributed by atoms with E-state index in [2.05, 4.69) is 43.0 Å². The van der Waals surface area contributed by atoms with E-state index in [0.29, 0.717) is 16.7 Å². The summed E-state index contributed by atoms with van der Waals surface area (Å²) in [6.07, 6.45) is 0.0783. The first-order valence-corrected chi connectivity index (χ1v) is 12.9. The maximum atomic E-state index is 12.5. The molecule has 0 unspecified atom stereocenters. The highest BCUT2D eigenvalue weighted by Gasteiger charge is 2.31. The summed E-state index contributed by atoms with van der Waals surface area (Å²) in [5.41, 5.74) is 5.20. The highest BCUT2D eigenvalue weighted by atomic mass is 32.2. The molecule has 0 aliphatic rings. The fourth-order valence-corrected chi connectivity index (χ4v) is 4.55. The number of ether oxygens (including phenoxy) is 1. The lowest BCUT2D eigenvalue weighted by Crippen LogP contribution is -2.23. The van der Waals surface area contributed by atoms with Crippen molar-refractivity contribution in [1.29, 1.82) is 0 Å². The van der Waals surface area contributed by atoms with Gasteiger partial charge in [-0.3, -0.25) is 14.3 Å². The molecule has 2 aromatic heterocycles. The Balaban J connectivity index is 1.26. The number of amides is 2. The van der Waals surface area contributed by atoms with Crippen LogP contribution in [0.5, 0.6) is 5.75 Å². The third kappa shape index (κ3) is 6.18. The minimum Gasteiger partial charge on any atom is -0.406 e. The third-order valence-corrected chi connectivity index (χ3v) is 6.45. The number of carbonyl (C=O) groups is 1. The molecular weight excluding hydrogens is 541 g/mol. The van der Waals surface area contributed by atoms with Gasteiger partial charge in [0.15, 0.2) is 0 Å². The van der Waals surface area contributed by atoms with Gasteiger partial charge in [0.05, 0.1) is 23.2 Å². The second-order valence-electron chi connectivity index (χ2n) is 9.05. The number of hydrogen-bond acceptors (Lipinski definition) is 6. The molecule has 2 N–H and O–H groups in total. The standard InChI is InChI=1S/C28H23F3N6O2S/c1-17(2)22-5-3-4-6-23(22)35-27(38)36-40-34-15-18-13-19-7-12-24-26(25(19)32-14-18)33-16-37(24)20-8-10-21(11-9-20)39-28(29,30)31/h3-17H,1-2H3,(H2,35,36,38). The largest absolute Gasteiger partial charge is 0.573 e. The van der Waals surface area contributed by atoms with Crippen molar-refractivity contribution in [3.8, 4) is 11.4 Å². The van der Waals surface area contributed by atoms with Gasteiger partial charge in [-0.1, -0.05) is 38.1 Å². The van der Waals surface area contributed by atoms with E-state index in [9.17, 15) is 18.0 Å². The summed E-state index contributed by atoms with van der Waals surface area (Å²) < 4.78 is 49.9. The van der Waals surface area contributed by atoms with Gasteiger partial charge < -0.3 is 10.1 Å². The highest BCUT2D eigenvalue weighted by molar-refractivity contribution is 7.96. The predicted molar refractivity (Wildman–Crippen MR) is 151 cm³/mol. The smallest absolute Gasteiger partial charge is 0.406 e. The maximum absolute atomic E-state index is 12.5. The zero-order chi connectivity index (χ0) is 28.3. The average Bonchev–Trinajstić information content (AvgIpc) is 3.35. The lowest BCUT2D eigenvalue weighted by molar-refractivity contribution is -0.274. The Morgan fingerprint density at radius 1 is 1.05 bits per heavy atom. The van der Waals surface area contributed by atoms with Crippen molar-refractivity contribution in [3.63, 3.8) is 0 Å². The minimum atomic E-state index is -4.75. The molecule has 0 aliphatic heterocycles. The van der Waals surface area contributed by atoms with Gasteiger partial charge in [0.25, 0.3) is 0 Å². The molecule has 0 saturated heterocycles. The summed E-state index contributed by atoms with van der Waals surface area (Å²) in [4.78, 5) is 21.3. The number of halogens is 3. The first kappa shape index (κ1) is 27.0. The van der Waals surface area contributed by atoms with Crippen molar-refractivity contribution in [2.24, 2.45) is 4.40 Å². The van der Waals surface area contributed by atoms with Crippen LogP contribution in [0, 0.1) is 0 Å². The molecule has 12 heteroatoms. The molecule has 8 nitrogen and oxygen atoms in total. The number of carbonyl (C=O) groups excluding carboxylic acids is 1. The highest BCUT2D eigenvalue weighted by Crippen LogP contribution is 2.28. The van der Waals surface area contributed by atoms with Crippen LogP contribution < -0.4 is 14.8 Å². The Morgan fingerprint density at radius 2 is 1.82 bits per heavy atom. The van der Waals surface area contributed by atoms with Gasteiger partial charge in [0.2, 0.25) is 0 Å². The molecular formula is C28H23F3N6O2S. The van der Waals surface area contributed by atoms with Crippen LogP contribution in [-0.4, -0.2) is 33.1 Å². The molecule has 3 aromatic carbocycles. The van der Waals surface area contributed by atoms with Crippen LogP contribution >= 0.6 is 12.1 Å². The average molecular weight is 565 g/mol. The molecule has 5 aromatic rings. The summed E-state index contributed by atoms with van der Waals surface area (Å²) in [6, 6.07) is 18.4. The van der Waals surface area contributed by atoms with Gasteiger partial charge >= 0.3 is 12.4 Å². The van der Waals surface area contributed by atoms with Gasteiger partial charge in [-0.2, -0.15) is 0 Å². The predicted octanol–water partition coefficient (Wildman–Crippen LogP) is 7.40. The minimum absolute atomic E-state index is 0.269. The van der Waals surface area contributed by atoms with Crippen LogP contribution in [0.25, 0.3) is 27.6 Å². The lowest BCUT2D eigenvalue weighted by atomic mass is 10.0. The molecule has 0 spiro atoms. The number of anilines is 1. The molecule has 0 aliphatic carbocycles. The summed E-state index contributed by atoms with van der Waals surface area (Å²) in [6.45, 7) is 4.12. The zero-order valence-electron chi connectivity index (χ0n) is 21.3. The van der Waals surface area contributed by atoms with E-state index in [-0.39, 0.29) is 17.7 Å². The number of rotatable bonds is 7. The number of benzene rings is 3. The lowest BCUT2D eigenvalue weighted by Gasteiger charge is -2.13. The van der Waals surface area contributed by atoms with Crippen LogP contribution in [-0.2, 0) is 0 Å². The molecule has 2 heterocycles. The van der Waals surface area contributed by atoms with Gasteiger partial charge in [-0.05, 0) is 53.9 Å². The summed E-state index contributed by atoms with van der Waals surface area (Å²) >= 11 is 0.895. The molecule has 204 valence electrons. The maximum Gasteiger partial charge on any atom is 0.573 e. The first-order valence-electron chi connectivity index (χ1n) is 12.2. The van der Waals surface area contributed by atoms with E-state index in [1.165, 1.54) is 24.3 Å². The number of para-hydroxylation sites is 1. The molecule has 0 saturated carbocycles. The van der Waals surface area contributed by atoms with Crippen LogP contribution in [0.3, 0.4) is 0 Å². The number of alkyl halides is 3. The van der Waals surface area contributed by atoms with E-state index in [1.807, 2.05) is 42.5 Å². The first-order chi connectivity index (χ1) is 19.2. The quantitative estimate of drug-likeness (QED) is 0.159. The molecule has 40 heavy (non-hydrogen) atoms. The van der Waals surface area contributed by atoms with Crippen molar-refractivity contribution >= 4 is 52.0 Å². The number of urea groups is 1. The number of aromatic nitrogens is 3. The number of nitrogens with zero attached hydrogens (tertiary/aromatic N) is 4. The van der Waals surface area contributed by atoms with Gasteiger partial charge in [-0.15, -0.1) is 13.2 Å². The molecule has 0 radical (unpaired) electrons. The van der Waals surface area contributed by atoms with E-state index >= 15 is 0 Å². The summed E-state index contributed by atoms with van der Waals surface area (Å²) in [5, 5.41) is 3.67. The third-order valence-electron chi connectivity index (χ3n) is 5.96. The molecule has 2 amide bonds. The van der Waals surface area contributed by atoms with Crippen LogP contribution in [0.4, 0.5) is 23.7 Å². The van der Waals surface area contributed by atoms with Crippen LogP contribution in [0.2, 0.25) is 0 Å². The second kappa shape index (κ2) is 11.3. The Hall–Kier alpha value is -4.58. The van der Waals surface area contributed by atoms with E-state index in [0.717, 1.165) is 39.9 Å². The van der Waals surface area contributed by atoms with Crippen LogP contribution in [0.15, 0.2) is 83.7 Å². The Morgan fingerprint density at radius 3 is 2.58 bits per heavy atom. The van der Waals surface area contributed by atoms with Crippen molar-refractivity contribution in [2.45, 2.75) is 26.1 Å². The van der Waals surface area contributed by atoms with E-state index in [4.69, 9.17) is 0 Å². The van der Waals surface area contributed by atoms with Gasteiger partial charge in [0, 0.05) is 34.7 Å². The van der Waals surface area contributed by atoms with E-state index in [1.54, 1.807) is 23.3 Å². The Labute approximate surface area is 231 Å². The molecule has 0 atom stereocenters. The van der Waals surface area contributed by atoms with Crippen molar-refractivity contribution in [2.75, 3.05) is 5.32 Å². The SMILES string of the molecule is CC(C)c1ccccc1NC(=O)NSN=Cc1cnc2c(ccc3c2ncn3-c2ccc(OC(F)(F)F)cc2)c1. The zero-order valence-corrected chi connectivity index (χ0v) is 22.1. The Bertz CT molecular complexity index is 1700. The number of fused-ring (bicyclic) bond motifs is 3. The number of imidazole rings is 1. The van der Waals surface area contributed by atoms with Crippen molar-refractivity contribution in [3.05, 3.63) is 90.4 Å². The number of nitrogens with one attached hydrogen (secondary N) is 2. The molecule has 0 fully saturated rings. The molecule has 0 bridgehead atoms. The number of hydrogen-bond donors (Lipinski definition) is 2. The van der Waals surface area contributed by atoms with Gasteiger partial charge in [0.1, 0.15) is 17.6 Å². The number of pyridine rings is 1. The van der Waals surface area contributed by atoms with Gasteiger partial charge in [-0.25, -0.2) is 14.2 Å². The monoisotopic (exact) mass is 564 g/mol. The van der Waals surface area contributed by atoms with Crippen LogP contribution in [0.1, 0.15) is 30.9 Å². The normalized spacial score (nSPS) is 11.9. The Kier molecular flexibility index (Phi) is 7.60. The molecule has 5 rings (SSSR count). The summed E-state index contributed by atoms with van der Waals surface area (Å²) in [7, 11) is 0. The fourth-order valence-electron chi connectivity index (χ4n) is 4.19. The second-order valence-corrected chi connectivity index (χ2v) is 9.65. The topological polar surface area (TPSA) is 93.4 Å². The van der Waals surface area contributed by atoms with Crippen molar-refractivity contribution < 1.29 is 22.7 Å². The summed E-state index contributed by atoms with van der Waals surface area (Å²) in [5.74, 6) is -0.0294.